The Morgan fingerprint density at radius 1 is 0.677 bits per heavy atom. The van der Waals surface area contributed by atoms with Crippen LogP contribution in [0.5, 0.6) is 17.2 Å². The molecule has 0 spiro atoms. The molecule has 0 fully saturated rings. The maximum Gasteiger partial charge on any atom is 0.167 e. The lowest BCUT2D eigenvalue weighted by Crippen LogP contribution is -2.00. The van der Waals surface area contributed by atoms with Gasteiger partial charge in [0.2, 0.25) is 0 Å². The minimum atomic E-state index is -0.00589. The maximum absolute atomic E-state index is 10.5. The van der Waals surface area contributed by atoms with Gasteiger partial charge in [-0.1, -0.05) is 50.2 Å². The summed E-state index contributed by atoms with van der Waals surface area (Å²) in [4.78, 5) is 13.6. The van der Waals surface area contributed by atoms with Crippen LogP contribution in [0.3, 0.4) is 0 Å². The number of nitrogens with zero attached hydrogens (tertiary/aromatic N) is 3. The van der Waals surface area contributed by atoms with Crippen LogP contribution in [0.25, 0.3) is 34.2 Å². The van der Waals surface area contributed by atoms with Crippen molar-refractivity contribution >= 4 is 0 Å². The molecule has 1 heterocycles. The summed E-state index contributed by atoms with van der Waals surface area (Å²) in [5.74, 6) is 1.67. The summed E-state index contributed by atoms with van der Waals surface area (Å²) in [6.07, 6.45) is 0. The molecule has 158 valence electrons. The second-order valence-corrected chi connectivity index (χ2v) is 6.58. The van der Waals surface area contributed by atoms with Gasteiger partial charge in [0.25, 0.3) is 0 Å². The van der Waals surface area contributed by atoms with Gasteiger partial charge < -0.3 is 14.9 Å². The van der Waals surface area contributed by atoms with Crippen LogP contribution in [0.15, 0.2) is 66.7 Å². The predicted molar refractivity (Wildman–Crippen MR) is 122 cm³/mol. The van der Waals surface area contributed by atoms with Crippen molar-refractivity contribution in [2.75, 3.05) is 7.11 Å². The van der Waals surface area contributed by atoms with Gasteiger partial charge in [0, 0.05) is 11.6 Å². The highest BCUT2D eigenvalue weighted by atomic mass is 16.5. The van der Waals surface area contributed by atoms with E-state index in [1.165, 1.54) is 13.2 Å². The first-order chi connectivity index (χ1) is 15.0. The second kappa shape index (κ2) is 9.71. The molecule has 0 aliphatic heterocycles. The largest absolute Gasteiger partial charge is 0.507 e. The highest BCUT2D eigenvalue weighted by molar-refractivity contribution is 5.72. The normalized spacial score (nSPS) is 10.2. The van der Waals surface area contributed by atoms with Crippen LogP contribution in [0.2, 0.25) is 0 Å². The molecule has 0 unspecified atom stereocenters. The van der Waals surface area contributed by atoms with E-state index in [1.807, 2.05) is 57.2 Å². The summed E-state index contributed by atoms with van der Waals surface area (Å²) in [7, 11) is 1.53. The molecule has 4 rings (SSSR count). The van der Waals surface area contributed by atoms with Gasteiger partial charge in [0.05, 0.1) is 18.2 Å². The minimum Gasteiger partial charge on any atom is -0.507 e. The van der Waals surface area contributed by atoms with E-state index in [0.717, 1.165) is 11.1 Å². The van der Waals surface area contributed by atoms with E-state index in [-0.39, 0.29) is 11.5 Å². The van der Waals surface area contributed by atoms with Crippen LogP contribution in [-0.4, -0.2) is 32.3 Å². The third kappa shape index (κ3) is 4.80. The molecule has 0 bridgehead atoms. The molecular weight excluding hydrogens is 390 g/mol. The van der Waals surface area contributed by atoms with Crippen molar-refractivity contribution < 1.29 is 14.9 Å². The van der Waals surface area contributed by atoms with Crippen molar-refractivity contribution in [2.24, 2.45) is 0 Å². The first-order valence-electron chi connectivity index (χ1n) is 10.0. The molecule has 0 aliphatic carbocycles. The number of hydrogen-bond donors (Lipinski definition) is 2. The zero-order valence-corrected chi connectivity index (χ0v) is 18.0. The molecule has 1 aromatic heterocycles. The van der Waals surface area contributed by atoms with Gasteiger partial charge in [-0.25, -0.2) is 15.0 Å². The Hall–Kier alpha value is -3.93. The Kier molecular flexibility index (Phi) is 6.82. The topological polar surface area (TPSA) is 88.4 Å². The van der Waals surface area contributed by atoms with Gasteiger partial charge in [0.15, 0.2) is 17.5 Å². The molecule has 3 aromatic carbocycles. The van der Waals surface area contributed by atoms with Crippen LogP contribution in [0.4, 0.5) is 0 Å². The SMILES string of the molecule is CC.COc1ccc(-c2nc(-c3ccccc3)nc(-c3ccc(C)cc3O)n2)c(O)c1. The molecule has 0 amide bonds. The number of phenols is 2. The van der Waals surface area contributed by atoms with E-state index >= 15 is 0 Å². The summed E-state index contributed by atoms with van der Waals surface area (Å²) in [6.45, 7) is 5.90. The van der Waals surface area contributed by atoms with Crippen LogP contribution in [0, 0.1) is 6.92 Å². The Morgan fingerprint density at radius 2 is 1.23 bits per heavy atom. The fourth-order valence-corrected chi connectivity index (χ4v) is 2.99. The van der Waals surface area contributed by atoms with Crippen LogP contribution in [0.1, 0.15) is 19.4 Å². The van der Waals surface area contributed by atoms with Crippen LogP contribution in [-0.2, 0) is 0 Å². The zero-order chi connectivity index (χ0) is 22.4. The van der Waals surface area contributed by atoms with Crippen LogP contribution >= 0.6 is 0 Å². The van der Waals surface area contributed by atoms with Crippen molar-refractivity contribution in [3.05, 3.63) is 72.3 Å². The predicted octanol–water partition coefficient (Wildman–Crippen LogP) is 5.63. The lowest BCUT2D eigenvalue weighted by atomic mass is 10.1. The fourth-order valence-electron chi connectivity index (χ4n) is 2.99. The Morgan fingerprint density at radius 3 is 1.77 bits per heavy atom. The van der Waals surface area contributed by atoms with Gasteiger partial charge in [-0.3, -0.25) is 0 Å². The van der Waals surface area contributed by atoms with Gasteiger partial charge in [0.1, 0.15) is 17.2 Å². The number of hydrogen-bond acceptors (Lipinski definition) is 6. The summed E-state index contributed by atoms with van der Waals surface area (Å²) in [5, 5.41) is 20.9. The third-order valence-electron chi connectivity index (χ3n) is 4.51. The third-order valence-corrected chi connectivity index (χ3v) is 4.51. The molecule has 2 N–H and O–H groups in total. The number of ether oxygens (including phenoxy) is 1. The van der Waals surface area contributed by atoms with E-state index in [4.69, 9.17) is 4.74 Å². The summed E-state index contributed by atoms with van der Waals surface area (Å²) in [5.41, 5.74) is 2.66. The molecule has 6 heteroatoms. The molecule has 0 aliphatic rings. The van der Waals surface area contributed by atoms with Gasteiger partial charge in [-0.05, 0) is 36.8 Å². The first kappa shape index (κ1) is 21.8. The lowest BCUT2D eigenvalue weighted by Gasteiger charge is -2.11. The number of phenolic OH excluding ortho intramolecular Hbond substituents is 2. The number of methoxy groups -OCH3 is 1. The van der Waals surface area contributed by atoms with Crippen molar-refractivity contribution in [1.29, 1.82) is 0 Å². The zero-order valence-electron chi connectivity index (χ0n) is 18.0. The summed E-state index contributed by atoms with van der Waals surface area (Å²) in [6, 6.07) is 19.7. The first-order valence-corrected chi connectivity index (χ1v) is 10.0. The highest BCUT2D eigenvalue weighted by Gasteiger charge is 2.16. The molecule has 0 saturated carbocycles. The van der Waals surface area contributed by atoms with E-state index in [9.17, 15) is 10.2 Å². The van der Waals surface area contributed by atoms with E-state index in [1.54, 1.807) is 24.3 Å². The summed E-state index contributed by atoms with van der Waals surface area (Å²) >= 11 is 0. The highest BCUT2D eigenvalue weighted by Crippen LogP contribution is 2.34. The molecule has 4 aromatic rings. The number of aryl methyl sites for hydroxylation is 1. The van der Waals surface area contributed by atoms with Gasteiger partial charge in [-0.15, -0.1) is 0 Å². The van der Waals surface area contributed by atoms with Gasteiger partial charge >= 0.3 is 0 Å². The maximum atomic E-state index is 10.5. The van der Waals surface area contributed by atoms with Crippen molar-refractivity contribution in [3.63, 3.8) is 0 Å². The van der Waals surface area contributed by atoms with E-state index in [0.29, 0.717) is 34.3 Å². The Bertz CT molecular complexity index is 1180. The standard InChI is InChI=1S/C23H19N3O3.C2H6/c1-14-8-10-17(19(27)12-14)22-24-21(15-6-4-3-5-7-15)25-23(26-22)18-11-9-16(29-2)13-20(18)28;1-2/h3-13,27-28H,1-2H3;1-2H3. The van der Waals surface area contributed by atoms with E-state index < -0.39 is 0 Å². The fraction of sp³-hybridized carbons (Fsp3) is 0.160. The average molecular weight is 415 g/mol. The minimum absolute atomic E-state index is 0.00589. The molecular formula is C25H25N3O3. The molecule has 0 atom stereocenters. The average Bonchev–Trinajstić information content (AvgIpc) is 2.80. The molecule has 0 radical (unpaired) electrons. The van der Waals surface area contributed by atoms with Crippen molar-refractivity contribution in [2.45, 2.75) is 20.8 Å². The Labute approximate surface area is 181 Å². The quantitative estimate of drug-likeness (QED) is 0.449. The Balaban J connectivity index is 0.00000132. The van der Waals surface area contributed by atoms with E-state index in [2.05, 4.69) is 15.0 Å². The number of aromatic nitrogens is 3. The second-order valence-electron chi connectivity index (χ2n) is 6.58. The number of aromatic hydroxyl groups is 2. The smallest absolute Gasteiger partial charge is 0.167 e. The summed E-state index contributed by atoms with van der Waals surface area (Å²) < 4.78 is 5.15. The monoisotopic (exact) mass is 415 g/mol. The van der Waals surface area contributed by atoms with Gasteiger partial charge in [-0.2, -0.15) is 0 Å². The molecule has 6 nitrogen and oxygen atoms in total. The lowest BCUT2D eigenvalue weighted by molar-refractivity contribution is 0.408. The molecule has 0 saturated heterocycles. The molecule has 31 heavy (non-hydrogen) atoms. The number of benzene rings is 3. The van der Waals surface area contributed by atoms with Crippen LogP contribution < -0.4 is 4.74 Å². The number of rotatable bonds is 4. The van der Waals surface area contributed by atoms with Crippen molar-refractivity contribution in [3.8, 4) is 51.4 Å². The van der Waals surface area contributed by atoms with Crippen molar-refractivity contribution in [1.82, 2.24) is 15.0 Å².